The van der Waals surface area contributed by atoms with Crippen molar-refractivity contribution in [2.24, 2.45) is 0 Å². The zero-order chi connectivity index (χ0) is 72.5. The molecule has 19 heteroatoms. The Kier molecular flexibility index (Phi) is 72.9. The first kappa shape index (κ1) is 97.1. The van der Waals surface area contributed by atoms with Gasteiger partial charge in [0.1, 0.15) is 19.3 Å². The van der Waals surface area contributed by atoms with Gasteiger partial charge in [-0.05, 0) is 25.7 Å². The molecule has 588 valence electrons. The minimum Gasteiger partial charge on any atom is -0.462 e. The van der Waals surface area contributed by atoms with E-state index in [1.165, 1.54) is 263 Å². The van der Waals surface area contributed by atoms with Crippen LogP contribution in [0.1, 0.15) is 432 Å². The molecule has 0 aliphatic carbocycles. The van der Waals surface area contributed by atoms with Gasteiger partial charge in [-0.3, -0.25) is 37.3 Å². The summed E-state index contributed by atoms with van der Waals surface area (Å²) in [6, 6.07) is 0. The molecular weight excluding hydrogens is 1290 g/mol. The third-order valence-electron chi connectivity index (χ3n) is 18.9. The van der Waals surface area contributed by atoms with Crippen molar-refractivity contribution in [2.75, 3.05) is 39.6 Å². The Balaban J connectivity index is 5.18. The number of carbonyl (C=O) groups excluding carboxylic acids is 4. The minimum absolute atomic E-state index is 0.108. The van der Waals surface area contributed by atoms with Gasteiger partial charge in [-0.25, -0.2) is 9.13 Å². The number of phosphoric acid groups is 2. The van der Waals surface area contributed by atoms with Crippen LogP contribution in [0.15, 0.2) is 0 Å². The highest BCUT2D eigenvalue weighted by molar-refractivity contribution is 7.47. The summed E-state index contributed by atoms with van der Waals surface area (Å²) in [5.74, 6) is -2.11. The van der Waals surface area contributed by atoms with E-state index < -0.39 is 97.5 Å². The van der Waals surface area contributed by atoms with Crippen LogP contribution in [-0.4, -0.2) is 96.7 Å². The fraction of sp³-hybridized carbons (Fsp3) is 0.950. The van der Waals surface area contributed by atoms with Crippen LogP contribution < -0.4 is 0 Å². The lowest BCUT2D eigenvalue weighted by Gasteiger charge is -2.21. The maximum absolute atomic E-state index is 13.1. The molecule has 0 spiro atoms. The Labute approximate surface area is 607 Å². The normalized spacial score (nSPS) is 13.8. The molecule has 0 fully saturated rings. The van der Waals surface area contributed by atoms with Crippen molar-refractivity contribution in [1.82, 2.24) is 0 Å². The Morgan fingerprint density at radius 1 is 0.242 bits per heavy atom. The van der Waals surface area contributed by atoms with Gasteiger partial charge in [0.25, 0.3) is 0 Å². The van der Waals surface area contributed by atoms with Crippen molar-refractivity contribution in [3.8, 4) is 0 Å². The van der Waals surface area contributed by atoms with E-state index in [1.54, 1.807) is 0 Å². The van der Waals surface area contributed by atoms with Crippen molar-refractivity contribution in [3.63, 3.8) is 0 Å². The van der Waals surface area contributed by atoms with Gasteiger partial charge in [-0.15, -0.1) is 0 Å². The van der Waals surface area contributed by atoms with Crippen molar-refractivity contribution in [3.05, 3.63) is 0 Å². The Morgan fingerprint density at radius 3 is 0.596 bits per heavy atom. The van der Waals surface area contributed by atoms with E-state index in [2.05, 4.69) is 27.7 Å². The van der Waals surface area contributed by atoms with Crippen LogP contribution in [-0.2, 0) is 65.4 Å². The van der Waals surface area contributed by atoms with Gasteiger partial charge in [-0.1, -0.05) is 381 Å². The molecule has 0 saturated heterocycles. The van der Waals surface area contributed by atoms with Crippen LogP contribution in [0.5, 0.6) is 0 Å². The number of hydrogen-bond acceptors (Lipinski definition) is 15. The smallest absolute Gasteiger partial charge is 0.462 e. The predicted octanol–water partition coefficient (Wildman–Crippen LogP) is 24.2. The molecule has 0 aromatic carbocycles. The quantitative estimate of drug-likeness (QED) is 0.0222. The third-order valence-corrected chi connectivity index (χ3v) is 20.8. The lowest BCUT2D eigenvalue weighted by atomic mass is 10.0. The molecule has 99 heavy (non-hydrogen) atoms. The van der Waals surface area contributed by atoms with Crippen LogP contribution in [0.2, 0.25) is 0 Å². The van der Waals surface area contributed by atoms with Gasteiger partial charge >= 0.3 is 39.5 Å². The number of rotatable bonds is 81. The maximum Gasteiger partial charge on any atom is 0.472 e. The molecular formula is C80H156O17P2. The summed E-state index contributed by atoms with van der Waals surface area (Å²) in [5.41, 5.74) is 0. The van der Waals surface area contributed by atoms with E-state index in [1.807, 2.05) is 0 Å². The molecule has 5 atom stereocenters. The topological polar surface area (TPSA) is 237 Å². The molecule has 0 aromatic heterocycles. The van der Waals surface area contributed by atoms with Gasteiger partial charge in [0.2, 0.25) is 0 Å². The van der Waals surface area contributed by atoms with Gasteiger partial charge in [0.15, 0.2) is 12.2 Å². The molecule has 0 radical (unpaired) electrons. The number of carbonyl (C=O) groups is 4. The van der Waals surface area contributed by atoms with E-state index in [9.17, 15) is 43.2 Å². The number of ether oxygens (including phenoxy) is 4. The molecule has 17 nitrogen and oxygen atoms in total. The number of phosphoric ester groups is 2. The fourth-order valence-electron chi connectivity index (χ4n) is 12.5. The number of aliphatic hydroxyl groups excluding tert-OH is 1. The summed E-state index contributed by atoms with van der Waals surface area (Å²) >= 11 is 0. The first-order chi connectivity index (χ1) is 48.2. The number of esters is 4. The number of aliphatic hydroxyl groups is 1. The largest absolute Gasteiger partial charge is 0.472 e. The summed E-state index contributed by atoms with van der Waals surface area (Å²) in [7, 11) is -9.91. The zero-order valence-electron chi connectivity index (χ0n) is 64.5. The highest BCUT2D eigenvalue weighted by atomic mass is 31.2. The third kappa shape index (κ3) is 74.1. The van der Waals surface area contributed by atoms with Gasteiger partial charge in [0.05, 0.1) is 26.4 Å². The molecule has 0 saturated carbocycles. The molecule has 3 N–H and O–H groups in total. The number of unbranched alkanes of at least 4 members (excludes halogenated alkanes) is 55. The molecule has 2 unspecified atom stereocenters. The van der Waals surface area contributed by atoms with Crippen molar-refractivity contribution in [2.45, 2.75) is 451 Å². The van der Waals surface area contributed by atoms with Crippen molar-refractivity contribution >= 4 is 39.5 Å². The van der Waals surface area contributed by atoms with E-state index in [0.29, 0.717) is 25.7 Å². The summed E-state index contributed by atoms with van der Waals surface area (Å²) < 4.78 is 68.6. The molecule has 0 amide bonds. The standard InChI is InChI=1S/C80H156O17P2/c1-5-9-13-17-21-25-29-31-33-35-36-37-38-39-40-42-44-47-51-55-59-63-67-80(85)97-76(71-91-78(83)65-61-57-53-49-46-43-41-34-32-30-26-22-18-14-10-6-2)73-95-99(88,89)93-69-74(81)68-92-98(86,87)94-72-75(70-90-77(82)64-60-56-52-48-28-24-20-16-12-8-4)96-79(84)66-62-58-54-50-45-27-23-19-15-11-7-3/h74-76,81H,5-73H2,1-4H3,(H,86,87)(H,88,89)/t74-,75+,76+/m0/s1. The Morgan fingerprint density at radius 2 is 0.404 bits per heavy atom. The summed E-state index contributed by atoms with van der Waals surface area (Å²) in [4.78, 5) is 72.9. The SMILES string of the molecule is CCCCCCCCCCCCCCCCCCCCCCCCC(=O)O[C@H](COC(=O)CCCCCCCCCCCCCCCCCC)COP(=O)(O)OC[C@@H](O)COP(=O)(O)OC[C@@H](COC(=O)CCCCCCCCCCCC)OC(=O)CCCCCCCCCCCCC. The summed E-state index contributed by atoms with van der Waals surface area (Å²) in [5, 5.41) is 10.6. The zero-order valence-corrected chi connectivity index (χ0v) is 66.3. The minimum atomic E-state index is -4.96. The maximum atomic E-state index is 13.1. The molecule has 0 aliphatic rings. The van der Waals surface area contributed by atoms with Crippen LogP contribution in [0.3, 0.4) is 0 Å². The monoisotopic (exact) mass is 1450 g/mol. The summed E-state index contributed by atoms with van der Waals surface area (Å²) in [6.45, 7) is 5.00. The number of hydrogen-bond donors (Lipinski definition) is 3. The highest BCUT2D eigenvalue weighted by Gasteiger charge is 2.30. The highest BCUT2D eigenvalue weighted by Crippen LogP contribution is 2.45. The van der Waals surface area contributed by atoms with Crippen LogP contribution in [0.25, 0.3) is 0 Å². The summed E-state index contributed by atoms with van der Waals surface area (Å²) in [6.07, 6.45) is 66.7. The lowest BCUT2D eigenvalue weighted by molar-refractivity contribution is -0.161. The van der Waals surface area contributed by atoms with E-state index in [-0.39, 0.29) is 25.7 Å². The van der Waals surface area contributed by atoms with E-state index in [4.69, 9.17) is 37.0 Å². The molecule has 0 aromatic rings. The van der Waals surface area contributed by atoms with Crippen molar-refractivity contribution in [1.29, 1.82) is 0 Å². The second-order valence-corrected chi connectivity index (χ2v) is 31.7. The first-order valence-corrected chi connectivity index (χ1v) is 44.8. The van der Waals surface area contributed by atoms with E-state index in [0.717, 1.165) is 89.9 Å². The molecule has 0 rings (SSSR count). The Bertz CT molecular complexity index is 1880. The second-order valence-electron chi connectivity index (χ2n) is 28.8. The average molecular weight is 1450 g/mol. The average Bonchev–Trinajstić information content (AvgIpc) is 1.06. The molecule has 0 aliphatic heterocycles. The van der Waals surface area contributed by atoms with Crippen LogP contribution in [0, 0.1) is 0 Å². The molecule has 0 heterocycles. The first-order valence-electron chi connectivity index (χ1n) is 41.8. The Hall–Kier alpha value is -1.94. The van der Waals surface area contributed by atoms with Crippen LogP contribution in [0.4, 0.5) is 0 Å². The van der Waals surface area contributed by atoms with Gasteiger partial charge in [0, 0.05) is 25.7 Å². The van der Waals surface area contributed by atoms with Gasteiger partial charge < -0.3 is 33.8 Å². The van der Waals surface area contributed by atoms with Crippen molar-refractivity contribution < 1.29 is 80.2 Å². The predicted molar refractivity (Wildman–Crippen MR) is 405 cm³/mol. The van der Waals surface area contributed by atoms with Gasteiger partial charge in [-0.2, -0.15) is 0 Å². The fourth-order valence-corrected chi connectivity index (χ4v) is 14.0. The lowest BCUT2D eigenvalue weighted by Crippen LogP contribution is -2.30. The van der Waals surface area contributed by atoms with Crippen LogP contribution >= 0.6 is 15.6 Å². The second kappa shape index (κ2) is 74.3. The van der Waals surface area contributed by atoms with E-state index >= 15 is 0 Å². The molecule has 0 bridgehead atoms.